The Morgan fingerprint density at radius 3 is 2.35 bits per heavy atom. The molecule has 0 aromatic rings. The zero-order valence-electron chi connectivity index (χ0n) is 12.4. The van der Waals surface area contributed by atoms with Gasteiger partial charge in [-0.3, -0.25) is 4.79 Å². The molecule has 0 radical (unpaired) electrons. The Hall–Kier alpha value is -1.26. The van der Waals surface area contributed by atoms with E-state index in [2.05, 4.69) is 5.32 Å². The minimum Gasteiger partial charge on any atom is -0.466 e. The number of ether oxygens (including phenoxy) is 1. The van der Waals surface area contributed by atoms with E-state index in [1.807, 2.05) is 11.8 Å². The Labute approximate surface area is 121 Å². The average molecular weight is 282 g/mol. The molecule has 2 aliphatic rings. The van der Waals surface area contributed by atoms with E-state index in [9.17, 15) is 9.59 Å². The van der Waals surface area contributed by atoms with Crippen LogP contribution in [0, 0.1) is 5.92 Å². The lowest BCUT2D eigenvalue weighted by atomic mass is 9.95. The Morgan fingerprint density at radius 2 is 1.75 bits per heavy atom. The van der Waals surface area contributed by atoms with Crippen LogP contribution in [-0.2, 0) is 9.53 Å². The minimum absolute atomic E-state index is 0.0336. The predicted molar refractivity (Wildman–Crippen MR) is 76.3 cm³/mol. The third-order valence-electron chi connectivity index (χ3n) is 4.33. The maximum atomic E-state index is 12.2. The number of rotatable bonds is 3. The Kier molecular flexibility index (Phi) is 5.68. The zero-order chi connectivity index (χ0) is 14.4. The molecule has 2 fully saturated rings. The van der Waals surface area contributed by atoms with Crippen LogP contribution in [-0.4, -0.2) is 42.6 Å². The van der Waals surface area contributed by atoms with Crippen molar-refractivity contribution in [1.29, 1.82) is 0 Å². The van der Waals surface area contributed by atoms with Crippen LogP contribution in [0.4, 0.5) is 4.79 Å². The number of esters is 1. The first-order valence-electron chi connectivity index (χ1n) is 7.92. The van der Waals surface area contributed by atoms with Crippen LogP contribution in [0.2, 0.25) is 0 Å². The number of amides is 2. The van der Waals surface area contributed by atoms with E-state index >= 15 is 0 Å². The lowest BCUT2D eigenvalue weighted by molar-refractivity contribution is -0.149. The van der Waals surface area contributed by atoms with E-state index in [0.717, 1.165) is 25.7 Å². The monoisotopic (exact) mass is 282 g/mol. The molecule has 0 unspecified atom stereocenters. The van der Waals surface area contributed by atoms with Crippen molar-refractivity contribution in [2.75, 3.05) is 19.7 Å². The van der Waals surface area contributed by atoms with Crippen LogP contribution < -0.4 is 5.32 Å². The fraction of sp³-hybridized carbons (Fsp3) is 0.867. The van der Waals surface area contributed by atoms with Gasteiger partial charge in [0, 0.05) is 19.1 Å². The van der Waals surface area contributed by atoms with E-state index in [4.69, 9.17) is 4.74 Å². The highest BCUT2D eigenvalue weighted by Gasteiger charge is 2.29. The molecule has 5 heteroatoms. The number of nitrogens with zero attached hydrogens (tertiary/aromatic N) is 1. The molecule has 1 heterocycles. The summed E-state index contributed by atoms with van der Waals surface area (Å²) in [6.07, 6.45) is 7.37. The molecule has 1 saturated carbocycles. The number of nitrogens with one attached hydrogen (secondary N) is 1. The number of hydrogen-bond donors (Lipinski definition) is 1. The molecule has 114 valence electrons. The topological polar surface area (TPSA) is 58.6 Å². The molecule has 1 aliphatic carbocycles. The Morgan fingerprint density at radius 1 is 1.10 bits per heavy atom. The molecule has 2 amide bonds. The van der Waals surface area contributed by atoms with E-state index in [-0.39, 0.29) is 17.9 Å². The second kappa shape index (κ2) is 7.50. The van der Waals surface area contributed by atoms with Crippen molar-refractivity contribution < 1.29 is 14.3 Å². The third-order valence-corrected chi connectivity index (χ3v) is 4.33. The maximum absolute atomic E-state index is 12.2. The third kappa shape index (κ3) is 4.12. The maximum Gasteiger partial charge on any atom is 0.317 e. The summed E-state index contributed by atoms with van der Waals surface area (Å²) in [5, 5.41) is 3.13. The minimum atomic E-state index is -0.111. The molecule has 1 aliphatic heterocycles. The predicted octanol–water partition coefficient (Wildman–Crippen LogP) is 2.30. The van der Waals surface area contributed by atoms with Crippen LogP contribution in [0.25, 0.3) is 0 Å². The van der Waals surface area contributed by atoms with Crippen molar-refractivity contribution in [3.8, 4) is 0 Å². The van der Waals surface area contributed by atoms with E-state index in [0.29, 0.717) is 25.7 Å². The fourth-order valence-electron chi connectivity index (χ4n) is 3.09. The number of likely N-dealkylation sites (tertiary alicyclic amines) is 1. The van der Waals surface area contributed by atoms with Gasteiger partial charge in [-0.2, -0.15) is 0 Å². The molecule has 0 bridgehead atoms. The lowest BCUT2D eigenvalue weighted by Crippen LogP contribution is -2.49. The standard InChI is InChI=1S/C15H26N2O3/c1-2-20-14(18)12-8-10-17(11-9-12)15(19)16-13-6-4-3-5-7-13/h12-13H,2-11H2,1H3,(H,16,19). The van der Waals surface area contributed by atoms with Crippen molar-refractivity contribution in [2.24, 2.45) is 5.92 Å². The fourth-order valence-corrected chi connectivity index (χ4v) is 3.09. The van der Waals surface area contributed by atoms with Crippen LogP contribution >= 0.6 is 0 Å². The van der Waals surface area contributed by atoms with Crippen LogP contribution in [0.15, 0.2) is 0 Å². The molecular formula is C15H26N2O3. The van der Waals surface area contributed by atoms with Gasteiger partial charge in [-0.25, -0.2) is 4.79 Å². The van der Waals surface area contributed by atoms with Gasteiger partial charge in [0.25, 0.3) is 0 Å². The van der Waals surface area contributed by atoms with Crippen LogP contribution in [0.5, 0.6) is 0 Å². The van der Waals surface area contributed by atoms with Crippen molar-refractivity contribution in [3.05, 3.63) is 0 Å². The molecule has 0 spiro atoms. The lowest BCUT2D eigenvalue weighted by Gasteiger charge is -2.33. The Bertz CT molecular complexity index is 332. The Balaban J connectivity index is 1.72. The van der Waals surface area contributed by atoms with Gasteiger partial charge in [0.1, 0.15) is 0 Å². The van der Waals surface area contributed by atoms with Gasteiger partial charge in [0.2, 0.25) is 0 Å². The van der Waals surface area contributed by atoms with Crippen LogP contribution in [0.1, 0.15) is 51.9 Å². The largest absolute Gasteiger partial charge is 0.466 e. The van der Waals surface area contributed by atoms with E-state index in [1.165, 1.54) is 19.3 Å². The SMILES string of the molecule is CCOC(=O)C1CCN(C(=O)NC2CCCCC2)CC1. The number of carbonyl (C=O) groups excluding carboxylic acids is 2. The first-order chi connectivity index (χ1) is 9.70. The number of piperidine rings is 1. The summed E-state index contributed by atoms with van der Waals surface area (Å²) in [4.78, 5) is 25.7. The summed E-state index contributed by atoms with van der Waals surface area (Å²) in [6.45, 7) is 3.57. The van der Waals surface area contributed by atoms with Crippen molar-refractivity contribution in [2.45, 2.75) is 57.9 Å². The molecule has 5 nitrogen and oxygen atoms in total. The number of carbonyl (C=O) groups is 2. The van der Waals surface area contributed by atoms with Gasteiger partial charge < -0.3 is 15.0 Å². The van der Waals surface area contributed by atoms with Gasteiger partial charge in [0.15, 0.2) is 0 Å². The second-order valence-electron chi connectivity index (χ2n) is 5.80. The second-order valence-corrected chi connectivity index (χ2v) is 5.80. The highest BCUT2D eigenvalue weighted by atomic mass is 16.5. The highest BCUT2D eigenvalue weighted by Crippen LogP contribution is 2.20. The zero-order valence-corrected chi connectivity index (χ0v) is 12.4. The summed E-state index contributed by atoms with van der Waals surface area (Å²) < 4.78 is 5.04. The van der Waals surface area contributed by atoms with E-state index in [1.54, 1.807) is 0 Å². The molecule has 0 aromatic heterocycles. The van der Waals surface area contributed by atoms with Crippen molar-refractivity contribution in [1.82, 2.24) is 10.2 Å². The van der Waals surface area contributed by atoms with Crippen molar-refractivity contribution >= 4 is 12.0 Å². The van der Waals surface area contributed by atoms with E-state index < -0.39 is 0 Å². The smallest absolute Gasteiger partial charge is 0.317 e. The van der Waals surface area contributed by atoms with Crippen molar-refractivity contribution in [3.63, 3.8) is 0 Å². The number of urea groups is 1. The summed E-state index contributed by atoms with van der Waals surface area (Å²) in [5.74, 6) is -0.145. The molecule has 0 aromatic carbocycles. The quantitative estimate of drug-likeness (QED) is 0.808. The molecular weight excluding hydrogens is 256 g/mol. The number of hydrogen-bond acceptors (Lipinski definition) is 3. The van der Waals surface area contributed by atoms with Crippen LogP contribution in [0.3, 0.4) is 0 Å². The molecule has 20 heavy (non-hydrogen) atoms. The molecule has 1 N–H and O–H groups in total. The summed E-state index contributed by atoms with van der Waals surface area (Å²) >= 11 is 0. The van der Waals surface area contributed by atoms with Gasteiger partial charge in [-0.15, -0.1) is 0 Å². The highest BCUT2D eigenvalue weighted by molar-refractivity contribution is 5.76. The van der Waals surface area contributed by atoms with Gasteiger partial charge in [-0.05, 0) is 32.6 Å². The summed E-state index contributed by atoms with van der Waals surface area (Å²) in [5.41, 5.74) is 0. The normalized spacial score (nSPS) is 21.6. The molecule has 2 rings (SSSR count). The first kappa shape index (κ1) is 15.1. The van der Waals surface area contributed by atoms with Gasteiger partial charge in [0.05, 0.1) is 12.5 Å². The van der Waals surface area contributed by atoms with Gasteiger partial charge in [-0.1, -0.05) is 19.3 Å². The molecule has 0 atom stereocenters. The van der Waals surface area contributed by atoms with Gasteiger partial charge >= 0.3 is 12.0 Å². The summed E-state index contributed by atoms with van der Waals surface area (Å²) in [6, 6.07) is 0.387. The molecule has 1 saturated heterocycles. The summed E-state index contributed by atoms with van der Waals surface area (Å²) in [7, 11) is 0. The average Bonchev–Trinajstić information content (AvgIpc) is 2.48. The first-order valence-corrected chi connectivity index (χ1v) is 7.92.